The summed E-state index contributed by atoms with van der Waals surface area (Å²) in [6.45, 7) is 0. The number of alkyl halides is 9. The summed E-state index contributed by atoms with van der Waals surface area (Å²) in [5, 5.41) is 10.5. The van der Waals surface area contributed by atoms with E-state index in [1.54, 1.807) is 24.3 Å². The van der Waals surface area contributed by atoms with Crippen molar-refractivity contribution in [2.24, 2.45) is 0 Å². The molecule has 23 heavy (non-hydrogen) atoms. The Labute approximate surface area is 178 Å². The van der Waals surface area contributed by atoms with Crippen LogP contribution in [0.3, 0.4) is 0 Å². The third-order valence-corrected chi connectivity index (χ3v) is 8.88. The molecule has 0 aromatic heterocycles. The number of hydrogen-bond acceptors (Lipinski definition) is 1. The molecule has 10 heteroatoms. The SMILES string of the molecule is OC1C(C(Cl)(Cl)C(Cl)(Cl)C(Cl)(Cl)C(Cl)(Cl)Cl)=Cc2ccccc21. The van der Waals surface area contributed by atoms with Crippen molar-refractivity contribution in [3.8, 4) is 0 Å². The zero-order chi connectivity index (χ0) is 17.8. The lowest BCUT2D eigenvalue weighted by Crippen LogP contribution is -2.57. The Morgan fingerprint density at radius 1 is 0.783 bits per heavy atom. The zero-order valence-electron chi connectivity index (χ0n) is 10.8. The molecule has 1 aliphatic carbocycles. The van der Waals surface area contributed by atoms with E-state index in [1.165, 1.54) is 6.08 Å². The highest BCUT2D eigenvalue weighted by Crippen LogP contribution is 2.65. The van der Waals surface area contributed by atoms with Gasteiger partial charge in [0.1, 0.15) is 6.10 Å². The van der Waals surface area contributed by atoms with E-state index in [1.807, 2.05) is 0 Å². The molecule has 0 saturated carbocycles. The molecule has 0 radical (unpaired) electrons. The van der Waals surface area contributed by atoms with E-state index >= 15 is 0 Å². The molecule has 0 amide bonds. The smallest absolute Gasteiger partial charge is 0.226 e. The fourth-order valence-corrected chi connectivity index (χ4v) is 4.42. The lowest BCUT2D eigenvalue weighted by atomic mass is 10.0. The second kappa shape index (κ2) is 6.60. The maximum absolute atomic E-state index is 10.5. The van der Waals surface area contributed by atoms with Crippen LogP contribution in [0.5, 0.6) is 0 Å². The molecule has 1 N–H and O–H groups in total. The molecule has 0 saturated heterocycles. The molecule has 1 unspecified atom stereocenters. The Bertz CT molecular complexity index is 645. The summed E-state index contributed by atoms with van der Waals surface area (Å²) in [6, 6.07) is 6.97. The molecule has 2 rings (SSSR count). The topological polar surface area (TPSA) is 20.2 Å². The summed E-state index contributed by atoms with van der Waals surface area (Å²) in [5.41, 5.74) is 1.32. The van der Waals surface area contributed by atoms with Crippen LogP contribution < -0.4 is 0 Å². The largest absolute Gasteiger partial charge is 0.384 e. The van der Waals surface area contributed by atoms with Gasteiger partial charge in [-0.15, -0.1) is 0 Å². The van der Waals surface area contributed by atoms with Gasteiger partial charge in [0.25, 0.3) is 0 Å². The van der Waals surface area contributed by atoms with Crippen LogP contribution in [0.4, 0.5) is 0 Å². The second-order valence-corrected chi connectivity index (χ2v) is 11.1. The third-order valence-electron chi connectivity index (χ3n) is 3.40. The highest BCUT2D eigenvalue weighted by Gasteiger charge is 2.69. The van der Waals surface area contributed by atoms with Crippen molar-refractivity contribution < 1.29 is 5.11 Å². The maximum atomic E-state index is 10.5. The fourth-order valence-electron chi connectivity index (χ4n) is 2.12. The van der Waals surface area contributed by atoms with Gasteiger partial charge in [0.05, 0.1) is 0 Å². The van der Waals surface area contributed by atoms with Gasteiger partial charge in [0, 0.05) is 5.57 Å². The first-order chi connectivity index (χ1) is 10.2. The number of rotatable bonds is 3. The minimum Gasteiger partial charge on any atom is -0.384 e. The van der Waals surface area contributed by atoms with Gasteiger partial charge in [0.2, 0.25) is 8.13 Å². The molecule has 0 bridgehead atoms. The molecular formula is C13H7Cl9O. The summed E-state index contributed by atoms with van der Waals surface area (Å²) in [4.78, 5) is 0. The van der Waals surface area contributed by atoms with Crippen LogP contribution in [0.1, 0.15) is 17.2 Å². The minimum atomic E-state index is -2.40. The van der Waals surface area contributed by atoms with Gasteiger partial charge in [-0.25, -0.2) is 0 Å². The van der Waals surface area contributed by atoms with Gasteiger partial charge in [-0.1, -0.05) is 129 Å². The number of halogens is 9. The first-order valence-corrected chi connectivity index (χ1v) is 9.34. The lowest BCUT2D eigenvalue weighted by Gasteiger charge is -2.45. The maximum Gasteiger partial charge on any atom is 0.226 e. The molecule has 1 aliphatic rings. The van der Waals surface area contributed by atoms with Gasteiger partial charge in [0.15, 0.2) is 8.67 Å². The van der Waals surface area contributed by atoms with E-state index in [-0.39, 0.29) is 5.57 Å². The first-order valence-electron chi connectivity index (χ1n) is 5.94. The molecule has 0 aliphatic heterocycles. The molecule has 0 heterocycles. The Balaban J connectivity index is 2.51. The van der Waals surface area contributed by atoms with Crippen molar-refractivity contribution in [1.82, 2.24) is 0 Å². The predicted octanol–water partition coefficient (Wildman–Crippen LogP) is 7.01. The first kappa shape index (κ1) is 20.8. The van der Waals surface area contributed by atoms with Crippen LogP contribution in [-0.2, 0) is 0 Å². The van der Waals surface area contributed by atoms with Gasteiger partial charge >= 0.3 is 0 Å². The molecule has 1 aromatic rings. The van der Waals surface area contributed by atoms with Crippen molar-refractivity contribution in [2.75, 3.05) is 0 Å². The monoisotopic (exact) mass is 494 g/mol. The van der Waals surface area contributed by atoms with Crippen LogP contribution in [0, 0.1) is 0 Å². The molecule has 128 valence electrons. The summed E-state index contributed by atoms with van der Waals surface area (Å²) in [5.74, 6) is 0. The van der Waals surface area contributed by atoms with Crippen molar-refractivity contribution >= 4 is 110 Å². The average molecular weight is 498 g/mol. The summed E-state index contributed by atoms with van der Waals surface area (Å²) < 4.78 is -9.26. The summed E-state index contributed by atoms with van der Waals surface area (Å²) in [6.07, 6.45) is 0.361. The Morgan fingerprint density at radius 3 is 1.78 bits per heavy atom. The minimum absolute atomic E-state index is 0.0620. The van der Waals surface area contributed by atoms with E-state index in [9.17, 15) is 5.11 Å². The van der Waals surface area contributed by atoms with Gasteiger partial charge < -0.3 is 5.11 Å². The van der Waals surface area contributed by atoms with E-state index in [4.69, 9.17) is 104 Å². The van der Waals surface area contributed by atoms with Crippen LogP contribution in [0.15, 0.2) is 29.8 Å². The van der Waals surface area contributed by atoms with Crippen LogP contribution in [-0.4, -0.2) is 21.9 Å². The molecule has 1 aromatic carbocycles. The molecule has 0 spiro atoms. The van der Waals surface area contributed by atoms with Crippen LogP contribution >= 0.6 is 104 Å². The number of fused-ring (bicyclic) bond motifs is 1. The number of aliphatic hydroxyl groups excluding tert-OH is 1. The normalized spacial score (nSPS) is 19.6. The van der Waals surface area contributed by atoms with Crippen molar-refractivity contribution in [3.63, 3.8) is 0 Å². The van der Waals surface area contributed by atoms with Gasteiger partial charge in [-0.3, -0.25) is 0 Å². The highest BCUT2D eigenvalue weighted by atomic mass is 35.6. The average Bonchev–Trinajstić information content (AvgIpc) is 2.75. The van der Waals surface area contributed by atoms with Crippen LogP contribution in [0.2, 0.25) is 0 Å². The quantitative estimate of drug-likeness (QED) is 0.445. The number of aliphatic hydroxyl groups is 1. The molecule has 1 atom stereocenters. The van der Waals surface area contributed by atoms with Crippen molar-refractivity contribution in [2.45, 2.75) is 22.9 Å². The number of hydrogen-bond donors (Lipinski definition) is 1. The Morgan fingerprint density at radius 2 is 1.30 bits per heavy atom. The third kappa shape index (κ3) is 3.30. The van der Waals surface area contributed by atoms with E-state index in [0.717, 1.165) is 0 Å². The lowest BCUT2D eigenvalue weighted by molar-refractivity contribution is 0.212. The zero-order valence-corrected chi connectivity index (χ0v) is 17.6. The van der Waals surface area contributed by atoms with E-state index in [2.05, 4.69) is 0 Å². The molecular weight excluding hydrogens is 491 g/mol. The summed E-state index contributed by atoms with van der Waals surface area (Å²) in [7, 11) is 0. The standard InChI is InChI=1S/C13H7Cl9O/c14-10(15,11(16,17)12(18,19)13(20,21)22)8-5-6-3-1-2-4-7(6)9(8)23/h1-5,9,23H. The van der Waals surface area contributed by atoms with Crippen molar-refractivity contribution in [3.05, 3.63) is 41.0 Å². The predicted molar refractivity (Wildman–Crippen MR) is 103 cm³/mol. The Kier molecular flexibility index (Phi) is 5.98. The Hall–Kier alpha value is 1.53. The molecule has 0 fully saturated rings. The molecule has 1 nitrogen and oxygen atoms in total. The van der Waals surface area contributed by atoms with E-state index < -0.39 is 22.9 Å². The highest BCUT2D eigenvalue weighted by molar-refractivity contribution is 6.80. The fraction of sp³-hybridized carbons (Fsp3) is 0.385. The summed E-state index contributed by atoms with van der Waals surface area (Å²) >= 11 is 54.5. The second-order valence-electron chi connectivity index (χ2n) is 4.85. The van der Waals surface area contributed by atoms with Gasteiger partial charge in [-0.2, -0.15) is 0 Å². The van der Waals surface area contributed by atoms with Gasteiger partial charge in [-0.05, 0) is 17.2 Å². The van der Waals surface area contributed by atoms with E-state index in [0.29, 0.717) is 11.1 Å². The number of benzene rings is 1. The van der Waals surface area contributed by atoms with Crippen molar-refractivity contribution in [1.29, 1.82) is 0 Å². The van der Waals surface area contributed by atoms with Crippen LogP contribution in [0.25, 0.3) is 6.08 Å².